The SMILES string of the molecule is CCCCCCCOc1ccc(NS(=O)(=O)c2ccc3c(c2)CCN(CCc2ccc(C(C)(C)C)cc2)C3)c(F)c1. The monoisotopic (exact) mass is 580 g/mol. The van der Waals surface area contributed by atoms with Gasteiger partial charge in [0.2, 0.25) is 0 Å². The van der Waals surface area contributed by atoms with Gasteiger partial charge in [0.05, 0.1) is 17.2 Å². The number of anilines is 1. The lowest BCUT2D eigenvalue weighted by Crippen LogP contribution is -2.32. The van der Waals surface area contributed by atoms with Gasteiger partial charge in [0.1, 0.15) is 5.75 Å². The molecule has 0 amide bonds. The summed E-state index contributed by atoms with van der Waals surface area (Å²) in [6, 6.07) is 18.4. The molecule has 4 rings (SSSR count). The van der Waals surface area contributed by atoms with Gasteiger partial charge in [0.15, 0.2) is 5.82 Å². The van der Waals surface area contributed by atoms with Gasteiger partial charge in [-0.3, -0.25) is 9.62 Å². The fourth-order valence-corrected chi connectivity index (χ4v) is 6.29. The summed E-state index contributed by atoms with van der Waals surface area (Å²) in [4.78, 5) is 2.56. The molecule has 0 fully saturated rings. The van der Waals surface area contributed by atoms with E-state index >= 15 is 0 Å². The van der Waals surface area contributed by atoms with Gasteiger partial charge < -0.3 is 4.74 Å². The molecule has 5 nitrogen and oxygen atoms in total. The zero-order chi connectivity index (χ0) is 29.5. The molecule has 1 N–H and O–H groups in total. The third-order valence-corrected chi connectivity index (χ3v) is 9.18. The molecule has 0 spiro atoms. The summed E-state index contributed by atoms with van der Waals surface area (Å²) in [6.45, 7) is 12.0. The molecule has 0 bridgehead atoms. The highest BCUT2D eigenvalue weighted by Gasteiger charge is 2.22. The number of hydrogen-bond donors (Lipinski definition) is 1. The van der Waals surface area contributed by atoms with E-state index in [9.17, 15) is 12.8 Å². The quantitative estimate of drug-likeness (QED) is 0.209. The van der Waals surface area contributed by atoms with Crippen molar-refractivity contribution in [3.63, 3.8) is 0 Å². The molecule has 3 aromatic rings. The number of nitrogens with zero attached hydrogens (tertiary/aromatic N) is 1. The van der Waals surface area contributed by atoms with Crippen LogP contribution in [0.15, 0.2) is 65.6 Å². The van der Waals surface area contributed by atoms with Gasteiger partial charge in [-0.1, -0.05) is 83.7 Å². The molecule has 0 aliphatic carbocycles. The summed E-state index contributed by atoms with van der Waals surface area (Å²) in [7, 11) is -3.93. The maximum Gasteiger partial charge on any atom is 0.261 e. The number of fused-ring (bicyclic) bond motifs is 1. The normalized spacial score (nSPS) is 14.1. The van der Waals surface area contributed by atoms with Crippen LogP contribution in [0.3, 0.4) is 0 Å². The Morgan fingerprint density at radius 2 is 1.68 bits per heavy atom. The third-order valence-electron chi connectivity index (χ3n) is 7.82. The minimum atomic E-state index is -3.93. The van der Waals surface area contributed by atoms with E-state index in [-0.39, 0.29) is 16.0 Å². The molecule has 1 aliphatic rings. The Hall–Kier alpha value is -2.90. The number of sulfonamides is 1. The summed E-state index contributed by atoms with van der Waals surface area (Å²) in [5, 5.41) is 0. The number of rotatable bonds is 13. The van der Waals surface area contributed by atoms with Crippen molar-refractivity contribution in [1.82, 2.24) is 4.90 Å². The van der Waals surface area contributed by atoms with E-state index in [2.05, 4.69) is 61.6 Å². The second kappa shape index (κ2) is 13.8. The zero-order valence-corrected chi connectivity index (χ0v) is 25.8. The van der Waals surface area contributed by atoms with Crippen molar-refractivity contribution in [3.8, 4) is 5.75 Å². The van der Waals surface area contributed by atoms with E-state index in [1.54, 1.807) is 18.2 Å². The van der Waals surface area contributed by atoms with Crippen LogP contribution in [0, 0.1) is 5.82 Å². The topological polar surface area (TPSA) is 58.6 Å². The minimum absolute atomic E-state index is 0.0836. The van der Waals surface area contributed by atoms with Crippen molar-refractivity contribution in [2.45, 2.75) is 89.5 Å². The van der Waals surface area contributed by atoms with Crippen LogP contribution in [0.1, 0.15) is 82.1 Å². The Bertz CT molecular complexity index is 1400. The van der Waals surface area contributed by atoms with Crippen molar-refractivity contribution >= 4 is 15.7 Å². The number of hydrogen-bond acceptors (Lipinski definition) is 4. The Labute approximate surface area is 246 Å². The Kier molecular flexibility index (Phi) is 10.5. The predicted octanol–water partition coefficient (Wildman–Crippen LogP) is 7.87. The number of ether oxygens (including phenoxy) is 1. The fraction of sp³-hybridized carbons (Fsp3) is 0.471. The van der Waals surface area contributed by atoms with Crippen LogP contribution >= 0.6 is 0 Å². The van der Waals surface area contributed by atoms with Crippen LogP contribution in [0.2, 0.25) is 0 Å². The maximum atomic E-state index is 14.7. The average molecular weight is 581 g/mol. The van der Waals surface area contributed by atoms with Crippen molar-refractivity contribution in [2.24, 2.45) is 0 Å². The molecular weight excluding hydrogens is 535 g/mol. The van der Waals surface area contributed by atoms with Gasteiger partial charge >= 0.3 is 0 Å². The van der Waals surface area contributed by atoms with E-state index in [1.807, 2.05) is 6.07 Å². The molecule has 222 valence electrons. The zero-order valence-electron chi connectivity index (χ0n) is 25.0. The van der Waals surface area contributed by atoms with Gasteiger partial charge in [-0.05, 0) is 71.2 Å². The molecule has 7 heteroatoms. The van der Waals surface area contributed by atoms with Crippen LogP contribution in [0.5, 0.6) is 5.75 Å². The predicted molar refractivity (Wildman–Crippen MR) is 166 cm³/mol. The van der Waals surface area contributed by atoms with Crippen molar-refractivity contribution in [2.75, 3.05) is 24.4 Å². The Morgan fingerprint density at radius 3 is 2.39 bits per heavy atom. The highest BCUT2D eigenvalue weighted by Crippen LogP contribution is 2.27. The lowest BCUT2D eigenvalue weighted by molar-refractivity contribution is 0.257. The third kappa shape index (κ3) is 8.79. The van der Waals surface area contributed by atoms with Gasteiger partial charge in [0, 0.05) is 25.7 Å². The number of halogens is 1. The molecule has 0 aromatic heterocycles. The summed E-state index contributed by atoms with van der Waals surface area (Å²) < 4.78 is 49.0. The van der Waals surface area contributed by atoms with E-state index in [1.165, 1.54) is 42.5 Å². The van der Waals surface area contributed by atoms with E-state index in [4.69, 9.17) is 4.74 Å². The van der Waals surface area contributed by atoms with Gasteiger partial charge in [-0.15, -0.1) is 0 Å². The van der Waals surface area contributed by atoms with Gasteiger partial charge in [-0.2, -0.15) is 0 Å². The van der Waals surface area contributed by atoms with E-state index < -0.39 is 15.8 Å². The highest BCUT2D eigenvalue weighted by molar-refractivity contribution is 7.92. The molecule has 0 saturated heterocycles. The molecule has 3 aromatic carbocycles. The second-order valence-electron chi connectivity index (χ2n) is 12.2. The van der Waals surface area contributed by atoms with Crippen molar-refractivity contribution in [3.05, 3.63) is 88.7 Å². The largest absolute Gasteiger partial charge is 0.493 e. The minimum Gasteiger partial charge on any atom is -0.493 e. The fourth-order valence-electron chi connectivity index (χ4n) is 5.17. The first-order valence-corrected chi connectivity index (χ1v) is 16.4. The lowest BCUT2D eigenvalue weighted by atomic mass is 9.86. The smallest absolute Gasteiger partial charge is 0.261 e. The maximum absolute atomic E-state index is 14.7. The first kappa shape index (κ1) is 31.0. The summed E-state index contributed by atoms with van der Waals surface area (Å²) >= 11 is 0. The molecular formula is C34H45FN2O3S. The Morgan fingerprint density at radius 1 is 0.927 bits per heavy atom. The Balaban J connectivity index is 1.31. The van der Waals surface area contributed by atoms with Gasteiger partial charge in [0.25, 0.3) is 10.0 Å². The van der Waals surface area contributed by atoms with Crippen LogP contribution in [0.4, 0.5) is 10.1 Å². The molecule has 0 saturated carbocycles. The molecule has 0 radical (unpaired) electrons. The number of benzene rings is 3. The molecule has 1 aliphatic heterocycles. The van der Waals surface area contributed by atoms with Crippen LogP contribution in [-0.4, -0.2) is 33.0 Å². The summed E-state index contributed by atoms with van der Waals surface area (Å²) in [5.74, 6) is -0.250. The van der Waals surface area contributed by atoms with Crippen molar-refractivity contribution < 1.29 is 17.5 Å². The number of unbranched alkanes of at least 4 members (excludes halogenated alkanes) is 4. The first-order valence-electron chi connectivity index (χ1n) is 14.9. The van der Waals surface area contributed by atoms with Crippen LogP contribution in [0.25, 0.3) is 0 Å². The highest BCUT2D eigenvalue weighted by atomic mass is 32.2. The number of nitrogens with one attached hydrogen (secondary N) is 1. The summed E-state index contributed by atoms with van der Waals surface area (Å²) in [5.41, 5.74) is 4.90. The van der Waals surface area contributed by atoms with E-state index in [0.717, 1.165) is 56.4 Å². The van der Waals surface area contributed by atoms with Gasteiger partial charge in [-0.25, -0.2) is 12.8 Å². The molecule has 1 heterocycles. The lowest BCUT2D eigenvalue weighted by Gasteiger charge is -2.29. The van der Waals surface area contributed by atoms with E-state index in [0.29, 0.717) is 12.4 Å². The average Bonchev–Trinajstić information content (AvgIpc) is 2.94. The summed E-state index contributed by atoms with van der Waals surface area (Å²) in [6.07, 6.45) is 7.31. The second-order valence-corrected chi connectivity index (χ2v) is 13.8. The standard InChI is InChI=1S/C34H45FN2O3S/c1-5-6-7-8-9-22-40-30-15-17-33(32(35)24-30)36-41(38,39)31-16-12-28-25-37(21-19-27(28)23-31)20-18-26-10-13-29(14-11-26)34(2,3)4/h10-17,23-24,36H,5-9,18-22,25H2,1-4H3. The molecule has 41 heavy (non-hydrogen) atoms. The van der Waals surface area contributed by atoms with Crippen molar-refractivity contribution in [1.29, 1.82) is 0 Å². The van der Waals surface area contributed by atoms with Crippen LogP contribution in [-0.2, 0) is 34.8 Å². The van der Waals surface area contributed by atoms with Crippen LogP contribution < -0.4 is 9.46 Å². The molecule has 0 unspecified atom stereocenters. The first-order chi connectivity index (χ1) is 19.5. The molecule has 0 atom stereocenters.